The highest BCUT2D eigenvalue weighted by molar-refractivity contribution is 4.67. The van der Waals surface area contributed by atoms with Gasteiger partial charge in [0.1, 0.15) is 6.61 Å². The van der Waals surface area contributed by atoms with E-state index in [9.17, 15) is 8.78 Å². The van der Waals surface area contributed by atoms with Gasteiger partial charge in [0.15, 0.2) is 0 Å². The summed E-state index contributed by atoms with van der Waals surface area (Å²) in [7, 11) is 0. The average Bonchev–Trinajstić information content (AvgIpc) is 2.35. The molecule has 0 aromatic heterocycles. The topological polar surface area (TPSA) is 24.5 Å². The van der Waals surface area contributed by atoms with Crippen molar-refractivity contribution in [2.45, 2.75) is 32.1 Å². The first-order valence-corrected chi connectivity index (χ1v) is 6.53. The van der Waals surface area contributed by atoms with Gasteiger partial charge in [0.25, 0.3) is 5.92 Å². The van der Waals surface area contributed by atoms with Crippen molar-refractivity contribution in [3.63, 3.8) is 0 Å². The van der Waals surface area contributed by atoms with Crippen LogP contribution in [-0.4, -0.2) is 56.8 Å². The molecule has 5 heteroatoms. The summed E-state index contributed by atoms with van der Waals surface area (Å²) in [5.41, 5.74) is 0. The molecule has 0 radical (unpaired) electrons. The first-order valence-electron chi connectivity index (χ1n) is 6.53. The van der Waals surface area contributed by atoms with Gasteiger partial charge in [-0.2, -0.15) is 0 Å². The van der Waals surface area contributed by atoms with E-state index in [2.05, 4.69) is 10.2 Å². The maximum absolute atomic E-state index is 12.8. The van der Waals surface area contributed by atoms with Crippen molar-refractivity contribution in [3.05, 3.63) is 0 Å². The number of halogens is 2. The van der Waals surface area contributed by atoms with Gasteiger partial charge in [-0.15, -0.1) is 0 Å². The Bertz CT molecular complexity index is 197. The molecule has 0 atom stereocenters. The van der Waals surface area contributed by atoms with E-state index in [1.54, 1.807) is 0 Å². The first-order chi connectivity index (χ1) is 8.14. The molecule has 1 aliphatic rings. The lowest BCUT2D eigenvalue weighted by molar-refractivity contribution is -0.0794. The zero-order chi connectivity index (χ0) is 12.6. The lowest BCUT2D eigenvalue weighted by Crippen LogP contribution is -2.43. The number of nitrogens with one attached hydrogen (secondary N) is 1. The molecule has 0 bridgehead atoms. The Hall–Kier alpha value is -0.260. The highest BCUT2D eigenvalue weighted by Crippen LogP contribution is 2.17. The van der Waals surface area contributed by atoms with Crippen LogP contribution < -0.4 is 5.32 Å². The van der Waals surface area contributed by atoms with E-state index in [1.807, 2.05) is 0 Å². The predicted molar refractivity (Wildman–Crippen MR) is 64.6 cm³/mol. The molecular weight excluding hydrogens is 226 g/mol. The third kappa shape index (κ3) is 6.91. The van der Waals surface area contributed by atoms with Gasteiger partial charge >= 0.3 is 0 Å². The molecule has 0 saturated carbocycles. The molecule has 102 valence electrons. The number of ether oxygens (including phenoxy) is 1. The van der Waals surface area contributed by atoms with Gasteiger partial charge in [-0.05, 0) is 19.4 Å². The lowest BCUT2D eigenvalue weighted by atomic mass is 10.2. The molecule has 1 heterocycles. The summed E-state index contributed by atoms with van der Waals surface area (Å²) in [5, 5.41) is 3.30. The number of rotatable bonds is 8. The molecule has 1 fully saturated rings. The smallest absolute Gasteiger partial charge is 0.270 e. The van der Waals surface area contributed by atoms with Crippen LogP contribution in [0, 0.1) is 0 Å². The fourth-order valence-electron chi connectivity index (χ4n) is 1.80. The largest absolute Gasteiger partial charge is 0.375 e. The minimum Gasteiger partial charge on any atom is -0.375 e. The Morgan fingerprint density at radius 3 is 2.59 bits per heavy atom. The molecule has 0 aliphatic carbocycles. The van der Waals surface area contributed by atoms with Crippen LogP contribution >= 0.6 is 0 Å². The summed E-state index contributed by atoms with van der Waals surface area (Å²) in [5.74, 6) is -2.65. The normalized spacial score (nSPS) is 18.5. The van der Waals surface area contributed by atoms with Crippen molar-refractivity contribution in [2.75, 3.05) is 45.9 Å². The van der Waals surface area contributed by atoms with Crippen LogP contribution in [0.4, 0.5) is 8.78 Å². The van der Waals surface area contributed by atoms with E-state index in [4.69, 9.17) is 4.74 Å². The van der Waals surface area contributed by atoms with Crippen LogP contribution in [0.1, 0.15) is 26.2 Å². The van der Waals surface area contributed by atoms with Gasteiger partial charge < -0.3 is 15.0 Å². The molecule has 1 N–H and O–H groups in total. The maximum Gasteiger partial charge on any atom is 0.270 e. The Kier molecular flexibility index (Phi) is 6.92. The van der Waals surface area contributed by atoms with Gasteiger partial charge in [-0.25, -0.2) is 8.78 Å². The predicted octanol–water partition coefficient (Wildman–Crippen LogP) is 1.73. The summed E-state index contributed by atoms with van der Waals surface area (Å²) in [6, 6.07) is 0. The van der Waals surface area contributed by atoms with Crippen LogP contribution in [0.3, 0.4) is 0 Å². The molecule has 0 amide bonds. The molecular formula is C12H24F2N2O. The van der Waals surface area contributed by atoms with Gasteiger partial charge in [0, 0.05) is 39.2 Å². The summed E-state index contributed by atoms with van der Waals surface area (Å²) in [4.78, 5) is 2.40. The molecule has 0 aromatic rings. The van der Waals surface area contributed by atoms with E-state index < -0.39 is 12.5 Å². The van der Waals surface area contributed by atoms with Crippen molar-refractivity contribution in [3.8, 4) is 0 Å². The van der Waals surface area contributed by atoms with Gasteiger partial charge in [-0.1, -0.05) is 6.92 Å². The molecule has 0 unspecified atom stereocenters. The highest BCUT2D eigenvalue weighted by atomic mass is 19.3. The average molecular weight is 250 g/mol. The van der Waals surface area contributed by atoms with Gasteiger partial charge in [-0.3, -0.25) is 0 Å². The number of piperazine rings is 1. The van der Waals surface area contributed by atoms with Crippen molar-refractivity contribution in [2.24, 2.45) is 0 Å². The second kappa shape index (κ2) is 7.95. The number of unbranched alkanes of at least 4 members (excludes halogenated alkanes) is 1. The minimum absolute atomic E-state index is 0.145. The third-order valence-electron chi connectivity index (χ3n) is 3.05. The van der Waals surface area contributed by atoms with Crippen LogP contribution in [0.25, 0.3) is 0 Å². The van der Waals surface area contributed by atoms with E-state index >= 15 is 0 Å². The molecule has 1 aliphatic heterocycles. The molecule has 1 saturated heterocycles. The van der Waals surface area contributed by atoms with Gasteiger partial charge in [0.05, 0.1) is 0 Å². The summed E-state index contributed by atoms with van der Waals surface area (Å²) in [6.45, 7) is 6.84. The number of alkyl halides is 2. The highest BCUT2D eigenvalue weighted by Gasteiger charge is 2.25. The second-order valence-corrected chi connectivity index (χ2v) is 4.56. The summed E-state index contributed by atoms with van der Waals surface area (Å²) < 4.78 is 30.6. The second-order valence-electron chi connectivity index (χ2n) is 4.56. The maximum atomic E-state index is 12.8. The Balaban J connectivity index is 1.90. The molecule has 3 nitrogen and oxygen atoms in total. The zero-order valence-corrected chi connectivity index (χ0v) is 10.7. The Morgan fingerprint density at radius 1 is 1.24 bits per heavy atom. The number of hydrogen-bond acceptors (Lipinski definition) is 3. The Morgan fingerprint density at radius 2 is 1.94 bits per heavy atom. The molecule has 1 rings (SSSR count). The van der Waals surface area contributed by atoms with Gasteiger partial charge in [0.2, 0.25) is 0 Å². The zero-order valence-electron chi connectivity index (χ0n) is 10.7. The summed E-state index contributed by atoms with van der Waals surface area (Å²) >= 11 is 0. The minimum atomic E-state index is -2.65. The number of hydrogen-bond donors (Lipinski definition) is 1. The van der Waals surface area contributed by atoms with Crippen LogP contribution in [-0.2, 0) is 4.74 Å². The van der Waals surface area contributed by atoms with Crippen LogP contribution in [0.5, 0.6) is 0 Å². The van der Waals surface area contributed by atoms with E-state index in [0.717, 1.165) is 45.6 Å². The lowest BCUT2D eigenvalue weighted by Gasteiger charge is -2.27. The summed E-state index contributed by atoms with van der Waals surface area (Å²) in [6.07, 6.45) is 1.75. The third-order valence-corrected chi connectivity index (χ3v) is 3.05. The van der Waals surface area contributed by atoms with E-state index in [0.29, 0.717) is 6.61 Å². The van der Waals surface area contributed by atoms with E-state index in [1.165, 1.54) is 6.92 Å². The monoisotopic (exact) mass is 250 g/mol. The molecule has 17 heavy (non-hydrogen) atoms. The van der Waals surface area contributed by atoms with Crippen LogP contribution in [0.15, 0.2) is 0 Å². The van der Waals surface area contributed by atoms with Crippen LogP contribution in [0.2, 0.25) is 0 Å². The first kappa shape index (κ1) is 14.8. The van der Waals surface area contributed by atoms with Crippen molar-refractivity contribution >= 4 is 0 Å². The fourth-order valence-corrected chi connectivity index (χ4v) is 1.80. The number of nitrogens with zero attached hydrogens (tertiary/aromatic N) is 1. The standard InChI is InChI=1S/C12H24F2N2O/c1-2-12(13,14)11-17-10-4-3-7-16-8-5-15-6-9-16/h15H,2-11H2,1H3. The molecule has 0 spiro atoms. The fraction of sp³-hybridized carbons (Fsp3) is 1.00. The SMILES string of the molecule is CCC(F)(F)COCCCCN1CCNCC1. The van der Waals surface area contributed by atoms with Crippen molar-refractivity contribution in [1.82, 2.24) is 10.2 Å². The molecule has 0 aromatic carbocycles. The van der Waals surface area contributed by atoms with Crippen molar-refractivity contribution < 1.29 is 13.5 Å². The van der Waals surface area contributed by atoms with Crippen molar-refractivity contribution in [1.29, 1.82) is 0 Å². The Labute approximate surface area is 103 Å². The quantitative estimate of drug-likeness (QED) is 0.664. The van der Waals surface area contributed by atoms with E-state index in [-0.39, 0.29) is 6.42 Å².